The average molecular weight is 254 g/mol. The number of fused-ring (bicyclic) bond motifs is 1. The Labute approximate surface area is 89.1 Å². The molecule has 5 heteroatoms. The van der Waals surface area contributed by atoms with Gasteiger partial charge in [-0.05, 0) is 34.1 Å². The molecule has 0 atom stereocenters. The molecule has 0 bridgehead atoms. The van der Waals surface area contributed by atoms with Gasteiger partial charge in [0.15, 0.2) is 0 Å². The highest BCUT2D eigenvalue weighted by Gasteiger charge is 2.07. The number of rotatable bonds is 0. The number of carbonyl (C=O) groups excluding carboxylic acids is 1. The smallest absolute Gasteiger partial charge is 0.325 e. The summed E-state index contributed by atoms with van der Waals surface area (Å²) >= 11 is 3.27. The molecule has 14 heavy (non-hydrogen) atoms. The van der Waals surface area contributed by atoms with Gasteiger partial charge in [0.1, 0.15) is 4.60 Å². The SMILES string of the molecule is CNC(=O)n1ccc2nc(Br)ccc21. The van der Waals surface area contributed by atoms with Crippen LogP contribution in [0.3, 0.4) is 0 Å². The van der Waals surface area contributed by atoms with Crippen molar-refractivity contribution in [3.8, 4) is 0 Å². The molecular weight excluding hydrogens is 246 g/mol. The quantitative estimate of drug-likeness (QED) is 0.731. The summed E-state index contributed by atoms with van der Waals surface area (Å²) in [5.41, 5.74) is 1.59. The van der Waals surface area contributed by atoms with E-state index in [4.69, 9.17) is 0 Å². The molecule has 0 radical (unpaired) electrons. The molecule has 2 heterocycles. The molecule has 4 nitrogen and oxygen atoms in total. The number of carbonyl (C=O) groups is 1. The van der Waals surface area contributed by atoms with E-state index in [2.05, 4.69) is 26.2 Å². The van der Waals surface area contributed by atoms with Gasteiger partial charge in [-0.1, -0.05) is 0 Å². The fraction of sp³-hybridized carbons (Fsp3) is 0.111. The van der Waals surface area contributed by atoms with Gasteiger partial charge < -0.3 is 5.32 Å². The number of aromatic nitrogens is 2. The predicted molar refractivity (Wildman–Crippen MR) is 57.3 cm³/mol. The Balaban J connectivity index is 2.64. The summed E-state index contributed by atoms with van der Waals surface area (Å²) in [5, 5.41) is 2.56. The van der Waals surface area contributed by atoms with Crippen LogP contribution in [0.25, 0.3) is 11.0 Å². The van der Waals surface area contributed by atoms with E-state index in [0.29, 0.717) is 0 Å². The monoisotopic (exact) mass is 253 g/mol. The Morgan fingerprint density at radius 2 is 2.29 bits per heavy atom. The average Bonchev–Trinajstić information content (AvgIpc) is 2.59. The molecule has 2 aromatic rings. The number of hydrogen-bond donors (Lipinski definition) is 1. The van der Waals surface area contributed by atoms with Crippen LogP contribution in [0.1, 0.15) is 0 Å². The van der Waals surface area contributed by atoms with E-state index < -0.39 is 0 Å². The third-order valence-electron chi connectivity index (χ3n) is 1.94. The molecule has 1 N–H and O–H groups in total. The summed E-state index contributed by atoms with van der Waals surface area (Å²) in [4.78, 5) is 15.6. The number of hydrogen-bond acceptors (Lipinski definition) is 2. The molecule has 0 saturated carbocycles. The number of halogens is 1. The second-order valence-corrected chi connectivity index (χ2v) is 3.59. The minimum absolute atomic E-state index is 0.163. The molecule has 0 saturated heterocycles. The lowest BCUT2D eigenvalue weighted by atomic mass is 10.4. The maximum absolute atomic E-state index is 11.4. The summed E-state index contributed by atoms with van der Waals surface area (Å²) in [6.45, 7) is 0. The zero-order chi connectivity index (χ0) is 10.1. The van der Waals surface area contributed by atoms with Crippen LogP contribution < -0.4 is 5.32 Å². The fourth-order valence-corrected chi connectivity index (χ4v) is 1.62. The number of nitrogens with zero attached hydrogens (tertiary/aromatic N) is 2. The van der Waals surface area contributed by atoms with Gasteiger partial charge >= 0.3 is 6.03 Å². The molecule has 0 fully saturated rings. The normalized spacial score (nSPS) is 10.4. The van der Waals surface area contributed by atoms with Crippen molar-refractivity contribution in [3.63, 3.8) is 0 Å². The molecule has 0 aromatic carbocycles. The Morgan fingerprint density at radius 3 is 3.00 bits per heavy atom. The van der Waals surface area contributed by atoms with Crippen LogP contribution in [0.4, 0.5) is 4.79 Å². The summed E-state index contributed by atoms with van der Waals surface area (Å²) < 4.78 is 2.29. The third-order valence-corrected chi connectivity index (χ3v) is 2.38. The van der Waals surface area contributed by atoms with E-state index in [-0.39, 0.29) is 6.03 Å². The van der Waals surface area contributed by atoms with Gasteiger partial charge in [-0.25, -0.2) is 9.78 Å². The highest BCUT2D eigenvalue weighted by Crippen LogP contribution is 2.16. The van der Waals surface area contributed by atoms with Crippen LogP contribution in [0.2, 0.25) is 0 Å². The van der Waals surface area contributed by atoms with E-state index in [1.165, 1.54) is 4.57 Å². The van der Waals surface area contributed by atoms with Crippen LogP contribution >= 0.6 is 15.9 Å². The van der Waals surface area contributed by atoms with Crippen LogP contribution in [0.15, 0.2) is 29.0 Å². The Bertz CT molecular complexity index is 492. The Hall–Kier alpha value is -1.36. The lowest BCUT2D eigenvalue weighted by molar-refractivity contribution is 0.245. The van der Waals surface area contributed by atoms with Gasteiger partial charge in [0.2, 0.25) is 0 Å². The zero-order valence-electron chi connectivity index (χ0n) is 7.49. The minimum atomic E-state index is -0.163. The molecule has 2 aromatic heterocycles. The van der Waals surface area contributed by atoms with Crippen molar-refractivity contribution in [1.29, 1.82) is 0 Å². The summed E-state index contributed by atoms with van der Waals surface area (Å²) in [6, 6.07) is 5.29. The molecule has 2 rings (SSSR count). The first kappa shape index (κ1) is 9.21. The van der Waals surface area contributed by atoms with Crippen molar-refractivity contribution in [3.05, 3.63) is 29.0 Å². The van der Waals surface area contributed by atoms with Gasteiger partial charge in [-0.15, -0.1) is 0 Å². The highest BCUT2D eigenvalue weighted by molar-refractivity contribution is 9.10. The van der Waals surface area contributed by atoms with Crippen molar-refractivity contribution >= 4 is 33.0 Å². The molecule has 72 valence electrons. The van der Waals surface area contributed by atoms with Crippen LogP contribution in [-0.4, -0.2) is 22.6 Å². The first-order valence-electron chi connectivity index (χ1n) is 4.08. The molecule has 0 unspecified atom stereocenters. The fourth-order valence-electron chi connectivity index (χ4n) is 1.29. The van der Waals surface area contributed by atoms with Crippen LogP contribution in [0, 0.1) is 0 Å². The van der Waals surface area contributed by atoms with Gasteiger partial charge in [0, 0.05) is 13.2 Å². The van der Waals surface area contributed by atoms with Gasteiger partial charge in [0.05, 0.1) is 11.0 Å². The molecule has 0 aliphatic carbocycles. The van der Waals surface area contributed by atoms with E-state index in [1.54, 1.807) is 19.3 Å². The minimum Gasteiger partial charge on any atom is -0.340 e. The van der Waals surface area contributed by atoms with E-state index in [0.717, 1.165) is 15.6 Å². The maximum atomic E-state index is 11.4. The van der Waals surface area contributed by atoms with Crippen LogP contribution in [-0.2, 0) is 0 Å². The summed E-state index contributed by atoms with van der Waals surface area (Å²) in [7, 11) is 1.60. The zero-order valence-corrected chi connectivity index (χ0v) is 9.08. The van der Waals surface area contributed by atoms with Gasteiger partial charge in [0.25, 0.3) is 0 Å². The number of nitrogens with one attached hydrogen (secondary N) is 1. The van der Waals surface area contributed by atoms with Gasteiger partial charge in [-0.3, -0.25) is 4.57 Å². The maximum Gasteiger partial charge on any atom is 0.325 e. The summed E-state index contributed by atoms with van der Waals surface area (Å²) in [5.74, 6) is 0. The number of pyridine rings is 1. The van der Waals surface area contributed by atoms with Crippen molar-refractivity contribution < 1.29 is 4.79 Å². The molecule has 0 aliphatic heterocycles. The van der Waals surface area contributed by atoms with Crippen molar-refractivity contribution in [2.75, 3.05) is 7.05 Å². The first-order valence-corrected chi connectivity index (χ1v) is 4.87. The molecule has 0 aliphatic rings. The van der Waals surface area contributed by atoms with Crippen molar-refractivity contribution in [1.82, 2.24) is 14.9 Å². The molecular formula is C9H8BrN3O. The Morgan fingerprint density at radius 1 is 1.50 bits per heavy atom. The standard InChI is InChI=1S/C9H8BrN3O/c1-11-9(14)13-5-4-6-7(13)2-3-8(10)12-6/h2-5H,1H3,(H,11,14). The first-order chi connectivity index (χ1) is 6.72. The van der Waals surface area contributed by atoms with Crippen molar-refractivity contribution in [2.24, 2.45) is 0 Å². The lowest BCUT2D eigenvalue weighted by Crippen LogP contribution is -2.23. The number of amides is 1. The lowest BCUT2D eigenvalue weighted by Gasteiger charge is -2.01. The predicted octanol–water partition coefficient (Wildman–Crippen LogP) is 1.99. The second-order valence-electron chi connectivity index (χ2n) is 2.78. The molecule has 1 amide bonds. The highest BCUT2D eigenvalue weighted by atomic mass is 79.9. The van der Waals surface area contributed by atoms with Gasteiger partial charge in [-0.2, -0.15) is 0 Å². The van der Waals surface area contributed by atoms with Crippen LogP contribution in [0.5, 0.6) is 0 Å². The van der Waals surface area contributed by atoms with E-state index >= 15 is 0 Å². The summed E-state index contributed by atoms with van der Waals surface area (Å²) in [6.07, 6.45) is 1.70. The van der Waals surface area contributed by atoms with Crippen molar-refractivity contribution in [2.45, 2.75) is 0 Å². The topological polar surface area (TPSA) is 46.9 Å². The Kier molecular flexibility index (Phi) is 2.25. The third kappa shape index (κ3) is 1.39. The van der Waals surface area contributed by atoms with E-state index in [9.17, 15) is 4.79 Å². The second kappa shape index (κ2) is 3.42. The largest absolute Gasteiger partial charge is 0.340 e. The van der Waals surface area contributed by atoms with E-state index in [1.807, 2.05) is 12.1 Å². The molecule has 0 spiro atoms.